The average molecular weight is 605 g/mol. The first kappa shape index (κ1) is 29.3. The summed E-state index contributed by atoms with van der Waals surface area (Å²) in [6.45, 7) is -0.00320. The molecular weight excluding hydrogens is 577 g/mol. The molecule has 1 amide bonds. The number of H-pyrrole nitrogens is 1. The number of primary amides is 1. The van der Waals surface area contributed by atoms with Gasteiger partial charge in [-0.05, 0) is 61.9 Å². The molecule has 42 heavy (non-hydrogen) atoms. The molecule has 4 aromatic rings. The summed E-state index contributed by atoms with van der Waals surface area (Å²) in [6.07, 6.45) is 1.85. The van der Waals surface area contributed by atoms with Crippen LogP contribution >= 0.6 is 0 Å². The van der Waals surface area contributed by atoms with Crippen molar-refractivity contribution in [1.82, 2.24) is 15.0 Å². The molecule has 1 aliphatic rings. The second-order valence-electron chi connectivity index (χ2n) is 9.90. The number of carbonyl (C=O) groups excluding carboxylic acids is 1. The minimum atomic E-state index is -4.96. The fraction of sp³-hybridized carbons (Fsp3) is 0.321. The van der Waals surface area contributed by atoms with E-state index in [0.29, 0.717) is 17.1 Å². The lowest BCUT2D eigenvalue weighted by Gasteiger charge is -2.27. The molecule has 0 atom stereocenters. The standard InChI is InChI=1S/C28H27F3N4O6S/c1-39-18-7-5-16(6-8-18)15-40-27-22(28(29,30)31)12-20(14-35-27)42(37,38)23-4-2-3-21(25(32)36)24(23)41-19-11-17-9-10-33-26(17)34-13-19/h2-4,9-14,16,18H,5-8,15H2,1H3,(H2,32,36)(H,33,34). The molecule has 1 aliphatic carbocycles. The van der Waals surface area contributed by atoms with Crippen LogP contribution in [0.15, 0.2) is 64.8 Å². The van der Waals surface area contributed by atoms with Crippen LogP contribution in [0.3, 0.4) is 0 Å². The van der Waals surface area contributed by atoms with Crippen molar-refractivity contribution in [3.05, 3.63) is 66.1 Å². The van der Waals surface area contributed by atoms with E-state index in [2.05, 4.69) is 15.0 Å². The number of ether oxygens (including phenoxy) is 3. The number of nitrogens with two attached hydrogens (primary N) is 1. The number of methoxy groups -OCH3 is 1. The van der Waals surface area contributed by atoms with Crippen molar-refractivity contribution in [1.29, 1.82) is 0 Å². The van der Waals surface area contributed by atoms with Gasteiger partial charge in [0.25, 0.3) is 5.91 Å². The lowest BCUT2D eigenvalue weighted by atomic mass is 9.88. The molecule has 1 fully saturated rings. The second-order valence-corrected chi connectivity index (χ2v) is 11.8. The number of halogens is 3. The lowest BCUT2D eigenvalue weighted by Crippen LogP contribution is -2.24. The number of hydrogen-bond acceptors (Lipinski definition) is 8. The Morgan fingerprint density at radius 1 is 1.10 bits per heavy atom. The third-order valence-electron chi connectivity index (χ3n) is 7.15. The van der Waals surface area contributed by atoms with Crippen LogP contribution in [0.5, 0.6) is 17.4 Å². The fourth-order valence-corrected chi connectivity index (χ4v) is 6.25. The van der Waals surface area contributed by atoms with Gasteiger partial charge in [0.1, 0.15) is 21.9 Å². The van der Waals surface area contributed by atoms with Crippen molar-refractivity contribution in [2.75, 3.05) is 13.7 Å². The van der Waals surface area contributed by atoms with E-state index in [4.69, 9.17) is 19.9 Å². The molecule has 10 nitrogen and oxygen atoms in total. The highest BCUT2D eigenvalue weighted by atomic mass is 32.2. The smallest absolute Gasteiger partial charge is 0.421 e. The number of nitrogens with zero attached hydrogens (tertiary/aromatic N) is 2. The van der Waals surface area contributed by atoms with Gasteiger partial charge in [-0.1, -0.05) is 6.07 Å². The highest BCUT2D eigenvalue weighted by molar-refractivity contribution is 7.91. The third kappa shape index (κ3) is 6.04. The number of alkyl halides is 3. The number of benzene rings is 1. The van der Waals surface area contributed by atoms with Crippen molar-refractivity contribution in [3.63, 3.8) is 0 Å². The van der Waals surface area contributed by atoms with E-state index in [9.17, 15) is 26.4 Å². The summed E-state index contributed by atoms with van der Waals surface area (Å²) in [5, 5.41) is 0.634. The van der Waals surface area contributed by atoms with Gasteiger partial charge < -0.3 is 24.9 Å². The molecule has 0 aliphatic heterocycles. The van der Waals surface area contributed by atoms with E-state index in [1.807, 2.05) is 0 Å². The van der Waals surface area contributed by atoms with Crippen LogP contribution in [0, 0.1) is 5.92 Å². The molecule has 1 aromatic carbocycles. The summed E-state index contributed by atoms with van der Waals surface area (Å²) in [7, 11) is -3.09. The third-order valence-corrected chi connectivity index (χ3v) is 8.90. The number of sulfone groups is 1. The molecule has 0 radical (unpaired) electrons. The SMILES string of the molecule is COC1CCC(COc2ncc(S(=O)(=O)c3cccc(C(N)=O)c3Oc3cnc4[nH]ccc4c3)cc2C(F)(F)F)CC1. The Bertz CT molecular complexity index is 1720. The normalized spacial score (nSPS) is 17.7. The van der Waals surface area contributed by atoms with Crippen LogP contribution in [-0.2, 0) is 20.8 Å². The number of pyridine rings is 2. The monoisotopic (exact) mass is 604 g/mol. The Balaban J connectivity index is 1.49. The zero-order valence-electron chi connectivity index (χ0n) is 22.3. The molecule has 0 saturated heterocycles. The number of fused-ring (bicyclic) bond motifs is 1. The quantitative estimate of drug-likeness (QED) is 0.262. The molecule has 3 N–H and O–H groups in total. The van der Waals surface area contributed by atoms with E-state index in [0.717, 1.165) is 37.9 Å². The molecule has 3 heterocycles. The van der Waals surface area contributed by atoms with Gasteiger partial charge in [0.2, 0.25) is 15.7 Å². The van der Waals surface area contributed by atoms with Crippen molar-refractivity contribution >= 4 is 26.8 Å². The minimum absolute atomic E-state index is 0.00320. The van der Waals surface area contributed by atoms with Crippen molar-refractivity contribution in [2.45, 2.75) is 47.8 Å². The maximum Gasteiger partial charge on any atom is 0.421 e. The van der Waals surface area contributed by atoms with E-state index < -0.39 is 48.9 Å². The molecule has 5 rings (SSSR count). The summed E-state index contributed by atoms with van der Waals surface area (Å²) >= 11 is 0. The van der Waals surface area contributed by atoms with Gasteiger partial charge >= 0.3 is 6.18 Å². The predicted octanol–water partition coefficient (Wildman–Crippen LogP) is 5.28. The van der Waals surface area contributed by atoms with Gasteiger partial charge in [-0.3, -0.25) is 4.79 Å². The number of nitrogens with one attached hydrogen (secondary N) is 1. The molecule has 0 unspecified atom stereocenters. The van der Waals surface area contributed by atoms with Crippen LogP contribution in [0.4, 0.5) is 13.2 Å². The zero-order valence-corrected chi connectivity index (χ0v) is 23.2. The molecule has 0 bridgehead atoms. The lowest BCUT2D eigenvalue weighted by molar-refractivity contribution is -0.139. The van der Waals surface area contributed by atoms with Crippen LogP contribution in [-0.4, -0.2) is 49.1 Å². The molecule has 1 saturated carbocycles. The van der Waals surface area contributed by atoms with Crippen LogP contribution in [0.2, 0.25) is 0 Å². The average Bonchev–Trinajstić information content (AvgIpc) is 3.43. The van der Waals surface area contributed by atoms with Gasteiger partial charge in [0.05, 0.1) is 29.4 Å². The van der Waals surface area contributed by atoms with Crippen LogP contribution < -0.4 is 15.2 Å². The number of rotatable bonds is 9. The first-order valence-corrected chi connectivity index (χ1v) is 14.5. The van der Waals surface area contributed by atoms with Crippen molar-refractivity contribution < 1.29 is 40.6 Å². The summed E-state index contributed by atoms with van der Waals surface area (Å²) in [4.78, 5) is 21.7. The van der Waals surface area contributed by atoms with Gasteiger partial charge in [-0.25, -0.2) is 18.4 Å². The van der Waals surface area contributed by atoms with E-state index in [1.54, 1.807) is 25.4 Å². The fourth-order valence-electron chi connectivity index (χ4n) is 4.88. The topological polar surface area (TPSA) is 146 Å². The highest BCUT2D eigenvalue weighted by Crippen LogP contribution is 2.40. The summed E-state index contributed by atoms with van der Waals surface area (Å²) in [5.74, 6) is -2.09. The number of carbonyl (C=O) groups is 1. The Hall–Kier alpha value is -4.17. The first-order valence-electron chi connectivity index (χ1n) is 13.0. The van der Waals surface area contributed by atoms with Crippen LogP contribution in [0.1, 0.15) is 41.6 Å². The van der Waals surface area contributed by atoms with Gasteiger partial charge in [-0.2, -0.15) is 13.2 Å². The largest absolute Gasteiger partial charge is 0.477 e. The maximum absolute atomic E-state index is 14.1. The van der Waals surface area contributed by atoms with Crippen molar-refractivity contribution in [2.24, 2.45) is 11.7 Å². The predicted molar refractivity (Wildman–Crippen MR) is 144 cm³/mol. The second kappa shape index (κ2) is 11.6. The maximum atomic E-state index is 14.1. The van der Waals surface area contributed by atoms with Crippen molar-refractivity contribution in [3.8, 4) is 17.4 Å². The Kier molecular flexibility index (Phi) is 8.10. The summed E-state index contributed by atoms with van der Waals surface area (Å²) in [5.41, 5.74) is 4.38. The number of aromatic amines is 1. The number of hydrogen-bond donors (Lipinski definition) is 2. The molecule has 0 spiro atoms. The number of para-hydroxylation sites is 1. The van der Waals surface area contributed by atoms with Crippen LogP contribution in [0.25, 0.3) is 11.0 Å². The zero-order chi connectivity index (χ0) is 30.1. The first-order chi connectivity index (χ1) is 20.0. The van der Waals surface area contributed by atoms with E-state index in [1.165, 1.54) is 18.3 Å². The molecule has 3 aromatic heterocycles. The number of aromatic nitrogens is 3. The Morgan fingerprint density at radius 3 is 2.55 bits per heavy atom. The van der Waals surface area contributed by atoms with Gasteiger partial charge in [0, 0.05) is 24.9 Å². The molecule has 222 valence electrons. The van der Waals surface area contributed by atoms with Gasteiger partial charge in [0.15, 0.2) is 5.75 Å². The Labute approximate surface area is 238 Å². The highest BCUT2D eigenvalue weighted by Gasteiger charge is 2.38. The van der Waals surface area contributed by atoms with E-state index >= 15 is 0 Å². The number of amides is 1. The minimum Gasteiger partial charge on any atom is -0.477 e. The van der Waals surface area contributed by atoms with Gasteiger partial charge in [-0.15, -0.1) is 0 Å². The summed E-state index contributed by atoms with van der Waals surface area (Å²) < 4.78 is 86.3. The summed E-state index contributed by atoms with van der Waals surface area (Å²) in [6, 6.07) is 7.30. The Morgan fingerprint density at radius 2 is 1.86 bits per heavy atom. The molecular formula is C28H27F3N4O6S. The molecule has 14 heteroatoms. The van der Waals surface area contributed by atoms with E-state index in [-0.39, 0.29) is 29.9 Å².